The molecule has 19 heteroatoms. The van der Waals surface area contributed by atoms with Crippen molar-refractivity contribution >= 4 is 46.8 Å². The number of amides is 5. The summed E-state index contributed by atoms with van der Waals surface area (Å²) in [6.07, 6.45) is 0.166. The van der Waals surface area contributed by atoms with Crippen LogP contribution in [0.3, 0.4) is 0 Å². The third kappa shape index (κ3) is 10.6. The number of nitrogens with one attached hydrogen (secondary N) is 3. The van der Waals surface area contributed by atoms with E-state index in [1.54, 1.807) is 54.5 Å². The molecule has 0 saturated heterocycles. The van der Waals surface area contributed by atoms with Gasteiger partial charge in [-0.1, -0.05) is 69.3 Å². The number of aryl methyl sites for hydroxylation is 1. The van der Waals surface area contributed by atoms with Crippen molar-refractivity contribution in [1.29, 1.82) is 0 Å². The fourth-order valence-corrected chi connectivity index (χ4v) is 11.7. The van der Waals surface area contributed by atoms with Crippen molar-refractivity contribution in [3.8, 4) is 22.5 Å². The van der Waals surface area contributed by atoms with Crippen molar-refractivity contribution in [1.82, 2.24) is 30.4 Å². The van der Waals surface area contributed by atoms with Crippen LogP contribution < -0.4 is 27.2 Å². The van der Waals surface area contributed by atoms with Gasteiger partial charge in [0.15, 0.2) is 5.60 Å². The number of cyclic esters (lactones) is 1. The van der Waals surface area contributed by atoms with Crippen LogP contribution in [0.1, 0.15) is 143 Å². The van der Waals surface area contributed by atoms with Gasteiger partial charge in [0.05, 0.1) is 35.1 Å². The monoisotopic (exact) mass is 1070 g/mol. The molecular formula is C59H68FN7O11. The summed E-state index contributed by atoms with van der Waals surface area (Å²) in [4.78, 5) is 102. The molecule has 412 valence electrons. The van der Waals surface area contributed by atoms with E-state index in [1.807, 2.05) is 48.5 Å². The van der Waals surface area contributed by atoms with Gasteiger partial charge in [-0.2, -0.15) is 0 Å². The Kier molecular flexibility index (Phi) is 15.5. The van der Waals surface area contributed by atoms with Crippen LogP contribution in [-0.2, 0) is 58.6 Å². The number of alkyl carbamates (subject to hydrolysis) is 2. The lowest BCUT2D eigenvalue weighted by molar-refractivity contribution is -0.172. The summed E-state index contributed by atoms with van der Waals surface area (Å²) in [6.45, 7) is 11.9. The molecule has 4 heterocycles. The number of hydrogen-bond donors (Lipinski definition) is 5. The van der Waals surface area contributed by atoms with E-state index in [-0.39, 0.29) is 81.5 Å². The van der Waals surface area contributed by atoms with Crippen LogP contribution in [0, 0.1) is 18.7 Å². The third-order valence-electron chi connectivity index (χ3n) is 15.6. The van der Waals surface area contributed by atoms with E-state index in [4.69, 9.17) is 24.9 Å². The standard InChI is InChI=1S/C59H68FN7O11/c1-8-59(75)41-26-46-51-38(28-67(46)53(70)40(41)30-76-55(59)72)49-43(23-22-33-32(4)42(60)27-44(64-51)48(33)49)63-47(68)21-15-25-66(45(52(61)69)20-13-14-24-62-56(73)78-58(5,6)7)54(71)50(31(2)3)65-57(74)77-29-39-36-18-11-9-16-34(36)35-17-10-12-19-37(35)39/h9-12,16-19,26-27,31,39,43,45,50,75H,8,13-15,20-25,28-30H2,1-7H3,(H2,61,69)(H,62,73)(H,63,68)(H,65,74)/t43-,45-,50-,59-/m0/s1. The van der Waals surface area contributed by atoms with Crippen molar-refractivity contribution < 1.29 is 52.5 Å². The lowest BCUT2D eigenvalue weighted by Crippen LogP contribution is -2.57. The number of carbonyl (C=O) groups is 6. The molecule has 0 unspecified atom stereocenters. The summed E-state index contributed by atoms with van der Waals surface area (Å²) in [5, 5.41) is 20.8. The van der Waals surface area contributed by atoms with E-state index in [2.05, 4.69) is 16.0 Å². The Morgan fingerprint density at radius 1 is 0.974 bits per heavy atom. The Morgan fingerprint density at radius 2 is 1.67 bits per heavy atom. The van der Waals surface area contributed by atoms with Crippen LogP contribution in [0.15, 0.2) is 65.5 Å². The van der Waals surface area contributed by atoms with E-state index in [1.165, 1.54) is 15.5 Å². The lowest BCUT2D eigenvalue weighted by atomic mass is 9.81. The fraction of sp³-hybridized carbons (Fsp3) is 0.458. The first-order valence-corrected chi connectivity index (χ1v) is 26.9. The molecule has 0 radical (unpaired) electrons. The molecule has 6 N–H and O–H groups in total. The number of fused-ring (bicyclic) bond motifs is 8. The van der Waals surface area contributed by atoms with E-state index >= 15 is 4.39 Å². The number of carbonyl (C=O) groups excluding carboxylic acids is 6. The molecule has 4 atom stereocenters. The molecule has 78 heavy (non-hydrogen) atoms. The van der Waals surface area contributed by atoms with Gasteiger partial charge in [0.25, 0.3) is 5.56 Å². The number of primary amides is 1. The van der Waals surface area contributed by atoms with E-state index in [9.17, 15) is 38.7 Å². The normalized spacial score (nSPS) is 17.7. The molecule has 3 aromatic carbocycles. The van der Waals surface area contributed by atoms with Crippen molar-refractivity contribution in [3.05, 3.63) is 121 Å². The molecule has 0 spiro atoms. The summed E-state index contributed by atoms with van der Waals surface area (Å²) >= 11 is 0. The maximum Gasteiger partial charge on any atom is 0.407 e. The number of nitrogens with zero attached hydrogens (tertiary/aromatic N) is 3. The Bertz CT molecular complexity index is 3270. The molecule has 2 aliphatic carbocycles. The average Bonchev–Trinajstić information content (AvgIpc) is 4.12. The highest BCUT2D eigenvalue weighted by molar-refractivity contribution is 5.94. The van der Waals surface area contributed by atoms with Crippen molar-refractivity contribution in [2.75, 3.05) is 19.7 Å². The number of aromatic nitrogens is 2. The lowest BCUT2D eigenvalue weighted by Gasteiger charge is -2.34. The predicted octanol–water partition coefficient (Wildman–Crippen LogP) is 7.35. The van der Waals surface area contributed by atoms with Gasteiger partial charge in [-0.15, -0.1) is 0 Å². The second kappa shape index (κ2) is 22.0. The van der Waals surface area contributed by atoms with Gasteiger partial charge in [-0.3, -0.25) is 19.2 Å². The quantitative estimate of drug-likeness (QED) is 0.0322. The maximum absolute atomic E-state index is 15.6. The van der Waals surface area contributed by atoms with E-state index in [0.717, 1.165) is 27.8 Å². The number of rotatable bonds is 18. The number of benzene rings is 3. The van der Waals surface area contributed by atoms with Crippen molar-refractivity contribution in [2.24, 2.45) is 11.7 Å². The number of nitrogens with two attached hydrogens (primary N) is 1. The summed E-state index contributed by atoms with van der Waals surface area (Å²) < 4.78 is 33.6. The molecule has 0 bridgehead atoms. The maximum atomic E-state index is 15.6. The minimum absolute atomic E-state index is 0.00400. The van der Waals surface area contributed by atoms with Gasteiger partial charge >= 0.3 is 18.2 Å². The highest BCUT2D eigenvalue weighted by Crippen LogP contribution is 2.47. The zero-order valence-corrected chi connectivity index (χ0v) is 45.2. The Balaban J connectivity index is 0.943. The van der Waals surface area contributed by atoms with Crippen LogP contribution in [0.2, 0.25) is 0 Å². The summed E-state index contributed by atoms with van der Waals surface area (Å²) in [7, 11) is 0. The summed E-state index contributed by atoms with van der Waals surface area (Å²) in [5.41, 5.74) is 10.8. The Morgan fingerprint density at radius 3 is 2.32 bits per heavy atom. The molecule has 18 nitrogen and oxygen atoms in total. The molecule has 4 aliphatic rings. The summed E-state index contributed by atoms with van der Waals surface area (Å²) in [5.74, 6) is -3.81. The number of esters is 1. The first-order chi connectivity index (χ1) is 37.1. The zero-order valence-electron chi connectivity index (χ0n) is 45.2. The van der Waals surface area contributed by atoms with Gasteiger partial charge in [0.2, 0.25) is 17.7 Å². The van der Waals surface area contributed by atoms with Crippen LogP contribution in [-0.4, -0.2) is 92.8 Å². The minimum atomic E-state index is -2.06. The van der Waals surface area contributed by atoms with Crippen LogP contribution in [0.25, 0.3) is 33.4 Å². The molecule has 5 amide bonds. The van der Waals surface area contributed by atoms with Crippen LogP contribution in [0.4, 0.5) is 14.0 Å². The minimum Gasteiger partial charge on any atom is -0.458 e. The van der Waals surface area contributed by atoms with Crippen molar-refractivity contribution in [3.63, 3.8) is 0 Å². The fourth-order valence-electron chi connectivity index (χ4n) is 11.7. The topological polar surface area (TPSA) is 251 Å². The van der Waals surface area contributed by atoms with Gasteiger partial charge in [0, 0.05) is 48.0 Å². The molecule has 9 rings (SSSR count). The van der Waals surface area contributed by atoms with Crippen LogP contribution in [0.5, 0.6) is 0 Å². The second-order valence-corrected chi connectivity index (χ2v) is 22.1. The Labute approximate surface area is 451 Å². The van der Waals surface area contributed by atoms with Gasteiger partial charge in [0.1, 0.15) is 36.7 Å². The highest BCUT2D eigenvalue weighted by atomic mass is 19.1. The van der Waals surface area contributed by atoms with Crippen molar-refractivity contribution in [2.45, 2.75) is 148 Å². The highest BCUT2D eigenvalue weighted by Gasteiger charge is 2.46. The number of aliphatic hydroxyl groups is 1. The van der Waals surface area contributed by atoms with E-state index in [0.29, 0.717) is 64.7 Å². The summed E-state index contributed by atoms with van der Waals surface area (Å²) in [6, 6.07) is 15.8. The molecule has 0 fully saturated rings. The van der Waals surface area contributed by atoms with Gasteiger partial charge in [-0.05, 0) is 124 Å². The first kappa shape index (κ1) is 55.1. The van der Waals surface area contributed by atoms with Gasteiger partial charge in [-0.25, -0.2) is 23.8 Å². The molecule has 0 saturated carbocycles. The number of hydrogen-bond acceptors (Lipinski definition) is 12. The number of pyridine rings is 2. The molecule has 2 aliphatic heterocycles. The predicted molar refractivity (Wildman–Crippen MR) is 287 cm³/mol. The third-order valence-corrected chi connectivity index (χ3v) is 15.6. The molecule has 2 aromatic heterocycles. The second-order valence-electron chi connectivity index (χ2n) is 22.1. The molecule has 5 aromatic rings. The number of ether oxygens (including phenoxy) is 3. The largest absolute Gasteiger partial charge is 0.458 e. The van der Waals surface area contributed by atoms with Gasteiger partial charge < -0.3 is 50.5 Å². The molecular weight excluding hydrogens is 1000 g/mol. The number of halogens is 1. The average molecular weight is 1070 g/mol. The Hall–Kier alpha value is -7.67. The smallest absolute Gasteiger partial charge is 0.407 e. The van der Waals surface area contributed by atoms with E-state index < -0.39 is 76.6 Å². The zero-order chi connectivity index (χ0) is 56.0. The number of unbranched alkanes of at least 4 members (excludes halogenated alkanes) is 1. The van der Waals surface area contributed by atoms with Crippen LogP contribution >= 0.6 is 0 Å². The first-order valence-electron chi connectivity index (χ1n) is 26.9. The SMILES string of the molecule is CC[C@@]1(O)C(=O)OCc2c1cc1n(c2=O)Cc2c-1nc1cc(F)c(C)c3c1c2[C@@H](NC(=O)CCCN(C(=O)[C@@H](NC(=O)OCC1c2ccccc2-c2ccccc21)C(C)C)[C@@H](CCCCNC(=O)OC(C)(C)C)C(N)=O)CC3.